The van der Waals surface area contributed by atoms with E-state index in [0.29, 0.717) is 22.2 Å². The highest BCUT2D eigenvalue weighted by molar-refractivity contribution is 5.79. The van der Waals surface area contributed by atoms with Crippen LogP contribution < -0.4 is 16.6 Å². The van der Waals surface area contributed by atoms with Gasteiger partial charge in [0.2, 0.25) is 5.91 Å². The molecule has 4 rings (SSSR count). The summed E-state index contributed by atoms with van der Waals surface area (Å²) in [5.41, 5.74) is 1.29. The summed E-state index contributed by atoms with van der Waals surface area (Å²) in [6.45, 7) is 0.117. The molecule has 0 unspecified atom stereocenters. The molecular formula is C24H20FN3O3. The summed E-state index contributed by atoms with van der Waals surface area (Å²) in [4.78, 5) is 38.1. The first-order valence-corrected chi connectivity index (χ1v) is 9.77. The second kappa shape index (κ2) is 8.39. The van der Waals surface area contributed by atoms with E-state index >= 15 is 0 Å². The third kappa shape index (κ3) is 4.02. The van der Waals surface area contributed by atoms with Crippen LogP contribution in [0.15, 0.2) is 82.4 Å². The van der Waals surface area contributed by atoms with Crippen molar-refractivity contribution in [1.82, 2.24) is 14.5 Å². The lowest BCUT2D eigenvalue weighted by Crippen LogP contribution is -2.39. The number of rotatable bonds is 5. The van der Waals surface area contributed by atoms with Gasteiger partial charge in [-0.05, 0) is 47.5 Å². The highest BCUT2D eigenvalue weighted by Crippen LogP contribution is 2.14. The van der Waals surface area contributed by atoms with Gasteiger partial charge in [-0.2, -0.15) is 0 Å². The van der Waals surface area contributed by atoms with E-state index in [2.05, 4.69) is 5.32 Å². The van der Waals surface area contributed by atoms with Crippen LogP contribution in [-0.2, 0) is 17.8 Å². The van der Waals surface area contributed by atoms with Gasteiger partial charge >= 0.3 is 5.69 Å². The molecule has 0 bridgehead atoms. The molecule has 0 saturated carbocycles. The zero-order valence-electron chi connectivity index (χ0n) is 16.8. The van der Waals surface area contributed by atoms with E-state index in [4.69, 9.17) is 0 Å². The second-order valence-electron chi connectivity index (χ2n) is 7.17. The zero-order valence-corrected chi connectivity index (χ0v) is 16.8. The highest BCUT2D eigenvalue weighted by Gasteiger charge is 2.15. The molecule has 0 saturated heterocycles. The van der Waals surface area contributed by atoms with Gasteiger partial charge < -0.3 is 5.32 Å². The average Bonchev–Trinajstić information content (AvgIpc) is 2.78. The molecular weight excluding hydrogens is 397 g/mol. The number of amides is 1. The van der Waals surface area contributed by atoms with Crippen LogP contribution in [0.2, 0.25) is 0 Å². The Kier molecular flexibility index (Phi) is 5.49. The number of nitrogens with one attached hydrogen (secondary N) is 1. The molecule has 1 N–H and O–H groups in total. The van der Waals surface area contributed by atoms with Crippen molar-refractivity contribution in [2.45, 2.75) is 13.0 Å². The summed E-state index contributed by atoms with van der Waals surface area (Å²) in [5, 5.41) is 2.94. The Hall–Kier alpha value is -4.00. The van der Waals surface area contributed by atoms with Crippen LogP contribution in [0, 0.1) is 5.82 Å². The Morgan fingerprint density at radius 3 is 2.39 bits per heavy atom. The Morgan fingerprint density at radius 1 is 0.935 bits per heavy atom. The molecule has 6 nitrogen and oxygen atoms in total. The molecule has 1 aromatic heterocycles. The standard InChI is InChI=1S/C24H20FN3O3/c1-26-22(29)14-16-9-11-19(12-10-16)28-23(30)20-7-2-3-8-21(20)27(24(28)31)15-17-5-4-6-18(25)13-17/h2-13H,14-15H2,1H3,(H,26,29). The Balaban J connectivity index is 1.87. The predicted molar refractivity (Wildman–Crippen MR) is 117 cm³/mol. The fourth-order valence-corrected chi connectivity index (χ4v) is 3.56. The summed E-state index contributed by atoms with van der Waals surface area (Å²) in [7, 11) is 1.56. The van der Waals surface area contributed by atoms with Crippen molar-refractivity contribution < 1.29 is 9.18 Å². The van der Waals surface area contributed by atoms with Crippen LogP contribution in [0.1, 0.15) is 11.1 Å². The number of para-hydroxylation sites is 1. The van der Waals surface area contributed by atoms with Crippen molar-refractivity contribution in [2.24, 2.45) is 0 Å². The molecule has 3 aromatic carbocycles. The van der Waals surface area contributed by atoms with Crippen LogP contribution in [0.5, 0.6) is 0 Å². The van der Waals surface area contributed by atoms with Gasteiger partial charge in [0.1, 0.15) is 5.82 Å². The van der Waals surface area contributed by atoms with Gasteiger partial charge in [0.15, 0.2) is 0 Å². The summed E-state index contributed by atoms with van der Waals surface area (Å²) >= 11 is 0. The van der Waals surface area contributed by atoms with E-state index in [1.54, 1.807) is 67.7 Å². The minimum atomic E-state index is -0.521. The monoisotopic (exact) mass is 417 g/mol. The van der Waals surface area contributed by atoms with E-state index in [-0.39, 0.29) is 18.9 Å². The van der Waals surface area contributed by atoms with E-state index in [9.17, 15) is 18.8 Å². The first-order chi connectivity index (χ1) is 15.0. The fraction of sp³-hybridized carbons (Fsp3) is 0.125. The molecule has 4 aromatic rings. The number of hydrogen-bond acceptors (Lipinski definition) is 3. The van der Waals surface area contributed by atoms with E-state index in [0.717, 1.165) is 10.1 Å². The molecule has 0 aliphatic carbocycles. The predicted octanol–water partition coefficient (Wildman–Crippen LogP) is 2.63. The SMILES string of the molecule is CNC(=O)Cc1ccc(-n2c(=O)c3ccccc3n(Cc3cccc(F)c3)c2=O)cc1. The minimum Gasteiger partial charge on any atom is -0.359 e. The number of aromatic nitrogens is 2. The molecule has 1 amide bonds. The summed E-state index contributed by atoms with van der Waals surface area (Å²) in [5.74, 6) is -0.525. The molecule has 0 fully saturated rings. The molecule has 31 heavy (non-hydrogen) atoms. The van der Waals surface area contributed by atoms with Gasteiger partial charge in [-0.15, -0.1) is 0 Å². The van der Waals surface area contributed by atoms with Crippen LogP contribution in [0.25, 0.3) is 16.6 Å². The Morgan fingerprint density at radius 2 is 1.68 bits per heavy atom. The normalized spacial score (nSPS) is 10.9. The van der Waals surface area contributed by atoms with Gasteiger partial charge in [0.05, 0.1) is 29.6 Å². The molecule has 0 spiro atoms. The van der Waals surface area contributed by atoms with Gasteiger partial charge in [-0.1, -0.05) is 36.4 Å². The topological polar surface area (TPSA) is 73.1 Å². The molecule has 1 heterocycles. The highest BCUT2D eigenvalue weighted by atomic mass is 19.1. The first-order valence-electron chi connectivity index (χ1n) is 9.77. The van der Waals surface area contributed by atoms with Crippen molar-refractivity contribution in [1.29, 1.82) is 0 Å². The fourth-order valence-electron chi connectivity index (χ4n) is 3.56. The third-order valence-electron chi connectivity index (χ3n) is 5.12. The first kappa shape index (κ1) is 20.3. The second-order valence-corrected chi connectivity index (χ2v) is 7.17. The molecule has 0 atom stereocenters. The molecule has 0 aliphatic heterocycles. The van der Waals surface area contributed by atoms with E-state index < -0.39 is 17.1 Å². The van der Waals surface area contributed by atoms with E-state index in [1.807, 2.05) is 0 Å². The number of carbonyl (C=O) groups is 1. The summed E-state index contributed by atoms with van der Waals surface area (Å²) in [6.07, 6.45) is 0.202. The van der Waals surface area contributed by atoms with Crippen molar-refractivity contribution in [3.8, 4) is 5.69 Å². The van der Waals surface area contributed by atoms with Crippen molar-refractivity contribution in [3.63, 3.8) is 0 Å². The summed E-state index contributed by atoms with van der Waals surface area (Å²) < 4.78 is 16.2. The number of carbonyl (C=O) groups excluding carboxylic acids is 1. The molecule has 0 aliphatic rings. The van der Waals surface area contributed by atoms with Crippen LogP contribution in [-0.4, -0.2) is 22.1 Å². The van der Waals surface area contributed by atoms with Crippen molar-refractivity contribution in [3.05, 3.63) is 111 Å². The molecule has 156 valence electrons. The number of fused-ring (bicyclic) bond motifs is 1. The third-order valence-corrected chi connectivity index (χ3v) is 5.12. The zero-order chi connectivity index (χ0) is 22.0. The minimum absolute atomic E-state index is 0.117. The number of benzene rings is 3. The van der Waals surface area contributed by atoms with Crippen LogP contribution in [0.4, 0.5) is 4.39 Å². The Bertz CT molecular complexity index is 1390. The Labute approximate surface area is 177 Å². The van der Waals surface area contributed by atoms with Crippen molar-refractivity contribution in [2.75, 3.05) is 7.05 Å². The van der Waals surface area contributed by atoms with Crippen LogP contribution in [0.3, 0.4) is 0 Å². The number of nitrogens with zero attached hydrogens (tertiary/aromatic N) is 2. The van der Waals surface area contributed by atoms with E-state index in [1.165, 1.54) is 16.7 Å². The average molecular weight is 417 g/mol. The number of halogens is 1. The van der Waals surface area contributed by atoms with Crippen LogP contribution >= 0.6 is 0 Å². The summed E-state index contributed by atoms with van der Waals surface area (Å²) in [6, 6.07) is 19.6. The maximum atomic E-state index is 13.7. The largest absolute Gasteiger partial charge is 0.359 e. The maximum absolute atomic E-state index is 13.7. The lowest BCUT2D eigenvalue weighted by Gasteiger charge is -2.14. The maximum Gasteiger partial charge on any atom is 0.336 e. The number of hydrogen-bond donors (Lipinski definition) is 1. The lowest BCUT2D eigenvalue weighted by atomic mass is 10.1. The molecule has 7 heteroatoms. The number of likely N-dealkylation sites (N-methyl/N-ethyl adjacent to an activating group) is 1. The van der Waals surface area contributed by atoms with Crippen molar-refractivity contribution >= 4 is 16.8 Å². The quantitative estimate of drug-likeness (QED) is 0.543. The lowest BCUT2D eigenvalue weighted by molar-refractivity contribution is -0.119. The molecule has 0 radical (unpaired) electrons. The smallest absolute Gasteiger partial charge is 0.336 e. The van der Waals surface area contributed by atoms with Gasteiger partial charge in [0.25, 0.3) is 5.56 Å². The van der Waals surface area contributed by atoms with Gasteiger partial charge in [-0.3, -0.25) is 14.2 Å². The van der Waals surface area contributed by atoms with Gasteiger partial charge in [0, 0.05) is 7.05 Å². The van der Waals surface area contributed by atoms with Gasteiger partial charge in [-0.25, -0.2) is 13.8 Å².